The number of halogens is 2. The number of alkyl halides is 2. The molecule has 180 valence electrons. The number of pyridine rings is 1. The Kier molecular flexibility index (Phi) is 10.9. The molecule has 4 rings (SSSR count). The summed E-state index contributed by atoms with van der Waals surface area (Å²) in [6.07, 6.45) is 18.5. The Morgan fingerprint density at radius 2 is 1.91 bits per heavy atom. The fourth-order valence-electron chi connectivity index (χ4n) is 3.71. The van der Waals surface area contributed by atoms with Crippen LogP contribution in [-0.4, -0.2) is 10.9 Å². The molecular formula is C31H37F2N. The van der Waals surface area contributed by atoms with Crippen molar-refractivity contribution in [1.82, 2.24) is 4.98 Å². The van der Waals surface area contributed by atoms with Crippen LogP contribution in [-0.2, 0) is 0 Å². The lowest BCUT2D eigenvalue weighted by Crippen LogP contribution is -2.14. The third-order valence-electron chi connectivity index (χ3n) is 5.76. The molecule has 0 spiro atoms. The third-order valence-corrected chi connectivity index (χ3v) is 5.76. The van der Waals surface area contributed by atoms with E-state index in [4.69, 9.17) is 0 Å². The number of aryl methyl sites for hydroxylation is 1. The molecule has 2 aromatic rings. The van der Waals surface area contributed by atoms with Gasteiger partial charge in [0.05, 0.1) is 5.52 Å². The van der Waals surface area contributed by atoms with Gasteiger partial charge in [-0.25, -0.2) is 8.78 Å². The van der Waals surface area contributed by atoms with Crippen molar-refractivity contribution in [2.75, 3.05) is 0 Å². The summed E-state index contributed by atoms with van der Waals surface area (Å²) in [7, 11) is 0. The average Bonchev–Trinajstić information content (AvgIpc) is 2.86. The largest absolute Gasteiger partial charge is 0.270 e. The van der Waals surface area contributed by atoms with E-state index in [1.54, 1.807) is 12.2 Å². The second-order valence-electron chi connectivity index (χ2n) is 8.41. The first kappa shape index (κ1) is 27.3. The average molecular weight is 462 g/mol. The maximum atomic E-state index is 12.7. The van der Waals surface area contributed by atoms with Crippen LogP contribution in [0.15, 0.2) is 78.1 Å². The second-order valence-corrected chi connectivity index (χ2v) is 8.41. The van der Waals surface area contributed by atoms with Crippen molar-refractivity contribution < 1.29 is 8.78 Å². The topological polar surface area (TPSA) is 12.9 Å². The molecule has 0 amide bonds. The number of fused-ring (bicyclic) bond motifs is 1. The van der Waals surface area contributed by atoms with Crippen LogP contribution in [0.3, 0.4) is 0 Å². The highest BCUT2D eigenvalue weighted by Gasteiger charge is 2.26. The summed E-state index contributed by atoms with van der Waals surface area (Å²) in [4.78, 5) is 4.48. The van der Waals surface area contributed by atoms with E-state index in [1.807, 2.05) is 38.3 Å². The van der Waals surface area contributed by atoms with Gasteiger partial charge in [-0.1, -0.05) is 81.2 Å². The van der Waals surface area contributed by atoms with Crippen LogP contribution in [0.5, 0.6) is 0 Å². The Labute approximate surface area is 204 Å². The van der Waals surface area contributed by atoms with E-state index >= 15 is 0 Å². The molecule has 3 heteroatoms. The van der Waals surface area contributed by atoms with Crippen LogP contribution in [0.4, 0.5) is 8.78 Å². The molecule has 0 radical (unpaired) electrons. The van der Waals surface area contributed by atoms with Crippen molar-refractivity contribution in [2.24, 2.45) is 5.92 Å². The molecule has 0 saturated carbocycles. The summed E-state index contributed by atoms with van der Waals surface area (Å²) in [5, 5.41) is 1.19. The molecule has 0 saturated heterocycles. The molecule has 1 aromatic carbocycles. The number of rotatable bonds is 3. The van der Waals surface area contributed by atoms with Crippen molar-refractivity contribution in [3.63, 3.8) is 0 Å². The lowest BCUT2D eigenvalue weighted by atomic mass is 9.93. The third kappa shape index (κ3) is 8.41. The zero-order valence-electron chi connectivity index (χ0n) is 21.2. The molecule has 1 unspecified atom stereocenters. The Bertz CT molecular complexity index is 1120. The molecule has 0 bridgehead atoms. The van der Waals surface area contributed by atoms with Gasteiger partial charge in [-0.3, -0.25) is 4.98 Å². The maximum absolute atomic E-state index is 12.7. The van der Waals surface area contributed by atoms with Gasteiger partial charge in [0, 0.05) is 36.1 Å². The molecule has 2 aliphatic rings. The maximum Gasteiger partial charge on any atom is 0.270 e. The minimum atomic E-state index is -2.67. The Morgan fingerprint density at radius 3 is 2.53 bits per heavy atom. The molecule has 1 nitrogen and oxygen atoms in total. The van der Waals surface area contributed by atoms with E-state index in [2.05, 4.69) is 61.0 Å². The minimum Gasteiger partial charge on any atom is -0.255 e. The summed E-state index contributed by atoms with van der Waals surface area (Å²) in [6.45, 7) is 9.12. The first-order chi connectivity index (χ1) is 16.4. The fourth-order valence-corrected chi connectivity index (χ4v) is 3.71. The first-order valence-corrected chi connectivity index (χ1v) is 12.3. The van der Waals surface area contributed by atoms with Crippen molar-refractivity contribution in [3.05, 3.63) is 89.2 Å². The number of allylic oxidation sites excluding steroid dienone is 8. The summed E-state index contributed by atoms with van der Waals surface area (Å²) in [5.74, 6) is 4.25. The highest BCUT2D eigenvalue weighted by Crippen LogP contribution is 2.29. The first-order valence-electron chi connectivity index (χ1n) is 12.3. The van der Waals surface area contributed by atoms with Crippen molar-refractivity contribution >= 4 is 10.9 Å². The molecule has 1 heterocycles. The zero-order chi connectivity index (χ0) is 25.0. The molecule has 1 aromatic heterocycles. The van der Waals surface area contributed by atoms with Crippen molar-refractivity contribution in [2.45, 2.75) is 72.6 Å². The molecule has 0 fully saturated rings. The molecule has 2 aliphatic carbocycles. The Balaban J connectivity index is 0.000000251. The molecule has 1 atom stereocenters. The van der Waals surface area contributed by atoms with Crippen LogP contribution >= 0.6 is 0 Å². The minimum absolute atomic E-state index is 0.159. The number of benzene rings is 1. The van der Waals surface area contributed by atoms with Crippen molar-refractivity contribution in [1.29, 1.82) is 0 Å². The van der Waals surface area contributed by atoms with Gasteiger partial charge in [-0.15, -0.1) is 0 Å². The lowest BCUT2D eigenvalue weighted by Gasteiger charge is -2.18. The summed E-state index contributed by atoms with van der Waals surface area (Å²) < 4.78 is 25.4. The SMILES string of the molecule is CC.CCC1C=CC(C(C)(F)F)=CC1.Cc1cccc2ncc(C#CCC3=CCCC=C3)cc12. The van der Waals surface area contributed by atoms with E-state index in [0.29, 0.717) is 5.92 Å². The predicted molar refractivity (Wildman–Crippen MR) is 142 cm³/mol. The van der Waals surface area contributed by atoms with Crippen LogP contribution in [0.2, 0.25) is 0 Å². The van der Waals surface area contributed by atoms with E-state index in [1.165, 1.54) is 16.5 Å². The van der Waals surface area contributed by atoms with E-state index in [9.17, 15) is 8.78 Å². The van der Waals surface area contributed by atoms with Gasteiger partial charge < -0.3 is 0 Å². The smallest absolute Gasteiger partial charge is 0.255 e. The molecule has 34 heavy (non-hydrogen) atoms. The van der Waals surface area contributed by atoms with E-state index < -0.39 is 5.92 Å². The number of hydrogen-bond acceptors (Lipinski definition) is 1. The summed E-state index contributed by atoms with van der Waals surface area (Å²) in [5.41, 5.74) is 4.76. The van der Waals surface area contributed by atoms with Gasteiger partial charge in [-0.05, 0) is 61.8 Å². The zero-order valence-corrected chi connectivity index (χ0v) is 21.2. The quantitative estimate of drug-likeness (QED) is 0.415. The second kappa shape index (κ2) is 13.7. The lowest BCUT2D eigenvalue weighted by molar-refractivity contribution is 0.0666. The van der Waals surface area contributed by atoms with Crippen LogP contribution < -0.4 is 0 Å². The van der Waals surface area contributed by atoms with Gasteiger partial charge in [-0.2, -0.15) is 0 Å². The van der Waals surface area contributed by atoms with Crippen LogP contribution in [0, 0.1) is 24.7 Å². The highest BCUT2D eigenvalue weighted by atomic mass is 19.3. The summed E-state index contributed by atoms with van der Waals surface area (Å²) in [6, 6.07) is 8.32. The Hall–Kier alpha value is -2.99. The monoisotopic (exact) mass is 461 g/mol. The van der Waals surface area contributed by atoms with Gasteiger partial charge in [0.1, 0.15) is 0 Å². The fraction of sp³-hybridized carbons (Fsp3) is 0.387. The van der Waals surface area contributed by atoms with Gasteiger partial charge in [0.15, 0.2) is 0 Å². The van der Waals surface area contributed by atoms with E-state index in [-0.39, 0.29) is 5.57 Å². The van der Waals surface area contributed by atoms with Crippen LogP contribution in [0.25, 0.3) is 10.9 Å². The number of hydrogen-bond donors (Lipinski definition) is 0. The molecule has 0 N–H and O–H groups in total. The van der Waals surface area contributed by atoms with Gasteiger partial charge in [0.25, 0.3) is 5.92 Å². The number of nitrogens with zero attached hydrogens (tertiary/aromatic N) is 1. The van der Waals surface area contributed by atoms with Crippen LogP contribution in [0.1, 0.15) is 70.9 Å². The number of aromatic nitrogens is 1. The molecular weight excluding hydrogens is 424 g/mol. The summed E-state index contributed by atoms with van der Waals surface area (Å²) >= 11 is 0. The normalized spacial score (nSPS) is 16.7. The Morgan fingerprint density at radius 1 is 1.12 bits per heavy atom. The van der Waals surface area contributed by atoms with E-state index in [0.717, 1.165) is 50.1 Å². The van der Waals surface area contributed by atoms with Gasteiger partial charge >= 0.3 is 0 Å². The highest BCUT2D eigenvalue weighted by molar-refractivity contribution is 5.83. The van der Waals surface area contributed by atoms with Gasteiger partial charge in [0.2, 0.25) is 0 Å². The standard InChI is InChI=1S/C19H17N.C10H14F2.C2H6/c1-15-7-5-12-19-18(15)13-17(14-20-19)11-6-10-16-8-3-2-4-9-16;1-3-8-4-6-9(7-5-8)10(2,11)12;1-2/h3,5,7-9,12-14H,2,4,10H2,1H3;4,6-8H,3,5H2,1-2H3;1-2H3. The molecule has 0 aliphatic heterocycles. The van der Waals surface area contributed by atoms with Crippen molar-refractivity contribution in [3.8, 4) is 11.8 Å². The predicted octanol–water partition coefficient (Wildman–Crippen LogP) is 9.14.